The van der Waals surface area contributed by atoms with Gasteiger partial charge in [0.15, 0.2) is 0 Å². The number of alkyl carbamates (subject to hydrolysis) is 1. The van der Waals surface area contributed by atoms with Crippen molar-refractivity contribution in [3.63, 3.8) is 0 Å². The number of rotatable bonds is 12. The largest absolute Gasteiger partial charge is 0.444 e. The first kappa shape index (κ1) is 32.1. The number of halogens is 1. The molecule has 2 aliphatic carbocycles. The van der Waals surface area contributed by atoms with E-state index >= 15 is 4.39 Å². The molecule has 9 nitrogen and oxygen atoms in total. The maximum Gasteiger partial charge on any atom is 0.408 e. The van der Waals surface area contributed by atoms with Crippen molar-refractivity contribution in [3.8, 4) is 11.1 Å². The Hall–Kier alpha value is -2.79. The first-order valence-corrected chi connectivity index (χ1v) is 18.8. The summed E-state index contributed by atoms with van der Waals surface area (Å²) < 4.78 is 29.0. The highest BCUT2D eigenvalue weighted by molar-refractivity contribution is 6.77. The van der Waals surface area contributed by atoms with Crippen molar-refractivity contribution in [2.45, 2.75) is 117 Å². The maximum atomic E-state index is 15.6. The van der Waals surface area contributed by atoms with Crippen LogP contribution in [0.2, 0.25) is 19.6 Å². The van der Waals surface area contributed by atoms with Crippen LogP contribution in [0, 0.1) is 30.6 Å². The monoisotopic (exact) mass is 601 g/mol. The number of ether oxygens (including phenoxy) is 2. The van der Waals surface area contributed by atoms with Crippen LogP contribution in [0.5, 0.6) is 0 Å². The number of hydrogen-bond donors (Lipinski definition) is 2. The summed E-state index contributed by atoms with van der Waals surface area (Å²) in [5.74, 6) is -0.207. The normalized spacial score (nSPS) is 17.2. The zero-order valence-electron chi connectivity index (χ0n) is 26.6. The van der Waals surface area contributed by atoms with Gasteiger partial charge in [-0.2, -0.15) is 9.49 Å². The number of carbonyl (C=O) groups is 2. The van der Waals surface area contributed by atoms with Gasteiger partial charge in [0.05, 0.1) is 13.8 Å². The fourth-order valence-electron chi connectivity index (χ4n) is 5.44. The van der Waals surface area contributed by atoms with E-state index in [1.165, 1.54) is 0 Å². The van der Waals surface area contributed by atoms with Gasteiger partial charge in [0, 0.05) is 22.5 Å². The minimum absolute atomic E-state index is 0.0214. The third-order valence-electron chi connectivity index (χ3n) is 8.28. The number of nitrogens with zero attached hydrogens (tertiary/aromatic N) is 3. The Bertz CT molecular complexity index is 1280. The summed E-state index contributed by atoms with van der Waals surface area (Å²) in [6, 6.07) is 2.45. The molecule has 2 atom stereocenters. The van der Waals surface area contributed by atoms with E-state index in [1.807, 2.05) is 13.8 Å². The summed E-state index contributed by atoms with van der Waals surface area (Å²) >= 11 is 0. The standard InChI is InChI=1S/C31H48FN5O4Si/c1-10-23-25(18(2)36-37(23)17-40-19(3)42(7,8)9)22-15-16-24(33-28(22)32)34-29(38)27(35-30(39)41-31(4,5)6)26(20-11-12-20)21-13-14-21/h15-16,19-21,26-27H,10-14,17H2,1-9H3,(H,35,39)(H,33,34,38)/t19-,27-/m0/s1. The van der Waals surface area contributed by atoms with E-state index in [0.717, 1.165) is 31.4 Å². The first-order chi connectivity index (χ1) is 19.6. The molecule has 0 spiro atoms. The fourth-order valence-corrected chi connectivity index (χ4v) is 6.01. The van der Waals surface area contributed by atoms with E-state index in [-0.39, 0.29) is 17.5 Å². The molecule has 0 aliphatic heterocycles. The molecule has 2 N–H and O–H groups in total. The Labute approximate surface area is 250 Å². The highest BCUT2D eigenvalue weighted by Gasteiger charge is 2.48. The smallest absolute Gasteiger partial charge is 0.408 e. The number of carbonyl (C=O) groups excluding carboxylic acids is 2. The Balaban J connectivity index is 1.54. The van der Waals surface area contributed by atoms with Crippen LogP contribution in [0.4, 0.5) is 15.0 Å². The average molecular weight is 602 g/mol. The zero-order chi connectivity index (χ0) is 31.0. The van der Waals surface area contributed by atoms with E-state index in [2.05, 4.69) is 47.3 Å². The molecule has 42 heavy (non-hydrogen) atoms. The molecule has 2 fully saturated rings. The third kappa shape index (κ3) is 7.97. The van der Waals surface area contributed by atoms with Crippen LogP contribution in [-0.2, 0) is 27.4 Å². The van der Waals surface area contributed by atoms with Gasteiger partial charge in [0.25, 0.3) is 0 Å². The van der Waals surface area contributed by atoms with Crippen molar-refractivity contribution < 1.29 is 23.5 Å². The molecule has 0 radical (unpaired) electrons. The van der Waals surface area contributed by atoms with Crippen molar-refractivity contribution >= 4 is 25.9 Å². The van der Waals surface area contributed by atoms with Gasteiger partial charge in [-0.1, -0.05) is 26.6 Å². The Kier molecular flexibility index (Phi) is 9.52. The molecular formula is C31H48FN5O4Si. The Morgan fingerprint density at radius 1 is 1.14 bits per heavy atom. The summed E-state index contributed by atoms with van der Waals surface area (Å²) in [6.45, 7) is 18.4. The van der Waals surface area contributed by atoms with Crippen LogP contribution in [0.3, 0.4) is 0 Å². The predicted molar refractivity (Wildman–Crippen MR) is 164 cm³/mol. The van der Waals surface area contributed by atoms with Gasteiger partial charge in [-0.05, 0) is 96.6 Å². The molecule has 2 aliphatic rings. The SMILES string of the molecule is CCc1c(-c2ccc(NC(=O)[C@@H](NC(=O)OC(C)(C)C)C(C3CC3)C3CC3)nc2F)c(C)nn1CO[C@H](C)[Si](C)(C)C. The maximum absolute atomic E-state index is 15.6. The number of aromatic nitrogens is 3. The summed E-state index contributed by atoms with van der Waals surface area (Å²) in [5, 5.41) is 10.3. The lowest BCUT2D eigenvalue weighted by molar-refractivity contribution is -0.120. The van der Waals surface area contributed by atoms with Crippen LogP contribution >= 0.6 is 0 Å². The molecule has 2 saturated carbocycles. The zero-order valence-corrected chi connectivity index (χ0v) is 27.6. The van der Waals surface area contributed by atoms with Gasteiger partial charge < -0.3 is 20.1 Å². The summed E-state index contributed by atoms with van der Waals surface area (Å²) in [6.07, 6.45) is 4.16. The summed E-state index contributed by atoms with van der Waals surface area (Å²) in [7, 11) is -1.48. The molecule has 2 amide bonds. The Morgan fingerprint density at radius 2 is 1.76 bits per heavy atom. The van der Waals surface area contributed by atoms with Crippen LogP contribution in [-0.4, -0.2) is 52.2 Å². The molecule has 2 heterocycles. The van der Waals surface area contributed by atoms with Crippen LogP contribution < -0.4 is 10.6 Å². The number of aryl methyl sites for hydroxylation is 1. The molecule has 232 valence electrons. The van der Waals surface area contributed by atoms with Gasteiger partial charge >= 0.3 is 6.09 Å². The van der Waals surface area contributed by atoms with Gasteiger partial charge in [-0.25, -0.2) is 14.5 Å². The molecular weight excluding hydrogens is 553 g/mol. The molecule has 0 bridgehead atoms. The topological polar surface area (TPSA) is 107 Å². The van der Waals surface area contributed by atoms with Crippen LogP contribution in [0.25, 0.3) is 11.1 Å². The minimum atomic E-state index is -1.48. The molecule has 2 aromatic heterocycles. The lowest BCUT2D eigenvalue weighted by Gasteiger charge is -2.29. The first-order valence-electron chi connectivity index (χ1n) is 15.2. The Morgan fingerprint density at radius 3 is 2.26 bits per heavy atom. The molecule has 0 unspecified atom stereocenters. The highest BCUT2D eigenvalue weighted by Crippen LogP contribution is 2.51. The van der Waals surface area contributed by atoms with E-state index in [9.17, 15) is 9.59 Å². The molecule has 2 aromatic rings. The second-order valence-electron chi connectivity index (χ2n) is 14.0. The van der Waals surface area contributed by atoms with Crippen molar-refractivity contribution in [2.75, 3.05) is 5.32 Å². The van der Waals surface area contributed by atoms with Crippen molar-refractivity contribution in [2.24, 2.45) is 17.8 Å². The second-order valence-corrected chi connectivity index (χ2v) is 19.5. The number of anilines is 1. The van der Waals surface area contributed by atoms with Gasteiger partial charge in [0.1, 0.15) is 24.2 Å². The quantitative estimate of drug-likeness (QED) is 0.214. The van der Waals surface area contributed by atoms with Crippen molar-refractivity contribution in [1.82, 2.24) is 20.1 Å². The lowest BCUT2D eigenvalue weighted by atomic mass is 9.89. The number of pyridine rings is 1. The second kappa shape index (κ2) is 12.4. The van der Waals surface area contributed by atoms with E-state index in [4.69, 9.17) is 9.47 Å². The van der Waals surface area contributed by atoms with Crippen molar-refractivity contribution in [1.29, 1.82) is 0 Å². The van der Waals surface area contributed by atoms with E-state index < -0.39 is 37.7 Å². The number of nitrogens with one attached hydrogen (secondary N) is 2. The molecule has 0 aromatic carbocycles. The summed E-state index contributed by atoms with van der Waals surface area (Å²) in [5.41, 5.74) is 2.02. The lowest BCUT2D eigenvalue weighted by Crippen LogP contribution is -2.51. The van der Waals surface area contributed by atoms with Gasteiger partial charge in [0.2, 0.25) is 11.9 Å². The third-order valence-corrected chi connectivity index (χ3v) is 10.9. The average Bonchev–Trinajstić information content (AvgIpc) is 3.80. The minimum Gasteiger partial charge on any atom is -0.444 e. The van der Waals surface area contributed by atoms with Gasteiger partial charge in [-0.15, -0.1) is 0 Å². The molecule has 0 saturated heterocycles. The fraction of sp³-hybridized carbons (Fsp3) is 0.677. The van der Waals surface area contributed by atoms with E-state index in [1.54, 1.807) is 37.6 Å². The molecule has 4 rings (SSSR count). The van der Waals surface area contributed by atoms with Crippen LogP contribution in [0.1, 0.15) is 71.7 Å². The van der Waals surface area contributed by atoms with E-state index in [0.29, 0.717) is 41.8 Å². The van der Waals surface area contributed by atoms with Crippen LogP contribution in [0.15, 0.2) is 12.1 Å². The van der Waals surface area contributed by atoms with Gasteiger partial charge in [-0.3, -0.25) is 4.79 Å². The number of amides is 2. The summed E-state index contributed by atoms with van der Waals surface area (Å²) in [4.78, 5) is 30.4. The predicted octanol–water partition coefficient (Wildman–Crippen LogP) is 6.46. The molecule has 11 heteroatoms. The number of hydrogen-bond acceptors (Lipinski definition) is 6. The highest BCUT2D eigenvalue weighted by atomic mass is 28.3. The van der Waals surface area contributed by atoms with Crippen molar-refractivity contribution in [3.05, 3.63) is 29.5 Å².